The van der Waals surface area contributed by atoms with Gasteiger partial charge in [0, 0.05) is 24.7 Å². The van der Waals surface area contributed by atoms with Gasteiger partial charge in [-0.05, 0) is 37.6 Å². The van der Waals surface area contributed by atoms with Crippen LogP contribution in [-0.2, 0) is 0 Å². The summed E-state index contributed by atoms with van der Waals surface area (Å²) in [6.45, 7) is 2.94. The van der Waals surface area contributed by atoms with Gasteiger partial charge < -0.3 is 15.3 Å². The van der Waals surface area contributed by atoms with E-state index in [2.05, 4.69) is 5.32 Å². The third-order valence-electron chi connectivity index (χ3n) is 3.29. The first kappa shape index (κ1) is 12.8. The highest BCUT2D eigenvalue weighted by Gasteiger charge is 2.28. The van der Waals surface area contributed by atoms with Gasteiger partial charge in [0.25, 0.3) is 0 Å². The highest BCUT2D eigenvalue weighted by molar-refractivity contribution is 5.89. The van der Waals surface area contributed by atoms with Gasteiger partial charge in [0.2, 0.25) is 0 Å². The number of urea groups is 1. The second-order valence-electron chi connectivity index (χ2n) is 4.67. The molecule has 98 valence electrons. The largest absolute Gasteiger partial charge is 0.393 e. The van der Waals surface area contributed by atoms with Gasteiger partial charge in [-0.1, -0.05) is 0 Å². The van der Waals surface area contributed by atoms with Crippen LogP contribution in [0.2, 0.25) is 0 Å². The number of nitrogens with one attached hydrogen (secondary N) is 1. The number of halogens is 1. The standard InChI is InChI=1S/C13H17FN2O2/c1-9(17)10-6-7-16(8-10)13(18)15-12-4-2-11(14)3-5-12/h2-5,9-10,17H,6-8H2,1H3,(H,15,18). The number of anilines is 1. The Hall–Kier alpha value is -1.62. The normalized spacial score (nSPS) is 20.8. The van der Waals surface area contributed by atoms with Crippen LogP contribution in [0.4, 0.5) is 14.9 Å². The van der Waals surface area contributed by atoms with Crippen molar-refractivity contribution in [2.75, 3.05) is 18.4 Å². The Labute approximate surface area is 105 Å². The van der Waals surface area contributed by atoms with E-state index in [1.165, 1.54) is 24.3 Å². The fourth-order valence-corrected chi connectivity index (χ4v) is 2.10. The molecule has 2 amide bonds. The lowest BCUT2D eigenvalue weighted by molar-refractivity contribution is 0.130. The summed E-state index contributed by atoms with van der Waals surface area (Å²) in [4.78, 5) is 13.6. The van der Waals surface area contributed by atoms with Crippen molar-refractivity contribution in [1.29, 1.82) is 0 Å². The van der Waals surface area contributed by atoms with E-state index in [4.69, 9.17) is 0 Å². The van der Waals surface area contributed by atoms with Crippen LogP contribution in [0.3, 0.4) is 0 Å². The van der Waals surface area contributed by atoms with Crippen molar-refractivity contribution >= 4 is 11.7 Å². The molecule has 2 rings (SSSR count). The topological polar surface area (TPSA) is 52.6 Å². The molecule has 2 atom stereocenters. The number of benzene rings is 1. The van der Waals surface area contributed by atoms with Crippen LogP contribution in [0.25, 0.3) is 0 Å². The monoisotopic (exact) mass is 252 g/mol. The fourth-order valence-electron chi connectivity index (χ4n) is 2.10. The Morgan fingerprint density at radius 2 is 2.17 bits per heavy atom. The van der Waals surface area contributed by atoms with Gasteiger partial charge >= 0.3 is 6.03 Å². The van der Waals surface area contributed by atoms with Gasteiger partial charge in [-0.25, -0.2) is 9.18 Å². The average Bonchev–Trinajstić information content (AvgIpc) is 2.81. The van der Waals surface area contributed by atoms with Crippen LogP contribution in [0.15, 0.2) is 24.3 Å². The van der Waals surface area contributed by atoms with Crippen molar-refractivity contribution in [2.24, 2.45) is 5.92 Å². The number of nitrogens with zero attached hydrogens (tertiary/aromatic N) is 1. The van der Waals surface area contributed by atoms with Crippen molar-refractivity contribution < 1.29 is 14.3 Å². The van der Waals surface area contributed by atoms with Gasteiger partial charge in [0.05, 0.1) is 6.10 Å². The summed E-state index contributed by atoms with van der Waals surface area (Å²) in [5.74, 6) is -0.188. The van der Waals surface area contributed by atoms with E-state index < -0.39 is 6.10 Å². The highest BCUT2D eigenvalue weighted by atomic mass is 19.1. The Morgan fingerprint density at radius 3 is 2.72 bits per heavy atom. The first-order valence-corrected chi connectivity index (χ1v) is 6.06. The molecule has 18 heavy (non-hydrogen) atoms. The second-order valence-corrected chi connectivity index (χ2v) is 4.67. The van der Waals surface area contributed by atoms with Crippen LogP contribution in [0.5, 0.6) is 0 Å². The average molecular weight is 252 g/mol. The lowest BCUT2D eigenvalue weighted by atomic mass is 10.0. The second kappa shape index (κ2) is 5.35. The molecule has 0 aliphatic carbocycles. The van der Waals surface area contributed by atoms with Crippen LogP contribution >= 0.6 is 0 Å². The van der Waals surface area contributed by atoms with E-state index in [0.717, 1.165) is 6.42 Å². The fraction of sp³-hybridized carbons (Fsp3) is 0.462. The lowest BCUT2D eigenvalue weighted by Crippen LogP contribution is -2.34. The van der Waals surface area contributed by atoms with Crippen molar-refractivity contribution in [3.8, 4) is 0 Å². The molecule has 0 bridgehead atoms. The maximum atomic E-state index is 12.7. The van der Waals surface area contributed by atoms with E-state index in [0.29, 0.717) is 18.8 Å². The molecule has 1 aliphatic heterocycles. The van der Waals surface area contributed by atoms with E-state index in [-0.39, 0.29) is 17.8 Å². The molecule has 2 N–H and O–H groups in total. The molecule has 0 aromatic heterocycles. The zero-order valence-electron chi connectivity index (χ0n) is 10.3. The molecular weight excluding hydrogens is 235 g/mol. The molecule has 1 saturated heterocycles. The SMILES string of the molecule is CC(O)C1CCN(C(=O)Nc2ccc(F)cc2)C1. The maximum absolute atomic E-state index is 12.7. The predicted molar refractivity (Wildman–Crippen MR) is 66.8 cm³/mol. The molecule has 0 radical (unpaired) electrons. The van der Waals surface area contributed by atoms with Crippen molar-refractivity contribution in [3.05, 3.63) is 30.1 Å². The van der Waals surface area contributed by atoms with Gasteiger partial charge in [-0.3, -0.25) is 0 Å². The Morgan fingerprint density at radius 1 is 1.50 bits per heavy atom. The zero-order valence-corrected chi connectivity index (χ0v) is 10.3. The van der Waals surface area contributed by atoms with Crippen molar-refractivity contribution in [3.63, 3.8) is 0 Å². The molecule has 0 spiro atoms. The minimum atomic E-state index is -0.395. The Balaban J connectivity index is 1.91. The van der Waals surface area contributed by atoms with Crippen LogP contribution in [0.1, 0.15) is 13.3 Å². The summed E-state index contributed by atoms with van der Waals surface area (Å²) >= 11 is 0. The first-order valence-electron chi connectivity index (χ1n) is 6.06. The van der Waals surface area contributed by atoms with E-state index in [1.54, 1.807) is 11.8 Å². The third-order valence-corrected chi connectivity index (χ3v) is 3.29. The van der Waals surface area contributed by atoms with Gasteiger partial charge in [-0.15, -0.1) is 0 Å². The quantitative estimate of drug-likeness (QED) is 0.846. The Bertz CT molecular complexity index is 420. The minimum absolute atomic E-state index is 0.143. The molecule has 1 aromatic carbocycles. The number of amides is 2. The predicted octanol–water partition coefficient (Wildman–Crippen LogP) is 2.06. The van der Waals surface area contributed by atoms with E-state index >= 15 is 0 Å². The number of likely N-dealkylation sites (tertiary alicyclic amines) is 1. The van der Waals surface area contributed by atoms with Crippen molar-refractivity contribution in [1.82, 2.24) is 4.90 Å². The summed E-state index contributed by atoms with van der Waals surface area (Å²) < 4.78 is 12.7. The van der Waals surface area contributed by atoms with Gasteiger partial charge in [0.1, 0.15) is 5.82 Å². The van der Waals surface area contributed by atoms with Crippen LogP contribution < -0.4 is 5.32 Å². The number of carbonyl (C=O) groups excluding carboxylic acids is 1. The zero-order chi connectivity index (χ0) is 13.1. The minimum Gasteiger partial charge on any atom is -0.393 e. The summed E-state index contributed by atoms with van der Waals surface area (Å²) in [6.07, 6.45) is 0.419. The van der Waals surface area contributed by atoms with Crippen LogP contribution in [-0.4, -0.2) is 35.2 Å². The molecule has 2 unspecified atom stereocenters. The Kier molecular flexibility index (Phi) is 3.81. The summed E-state index contributed by atoms with van der Waals surface area (Å²) in [5.41, 5.74) is 0.571. The number of aliphatic hydroxyl groups is 1. The molecule has 1 fully saturated rings. The highest BCUT2D eigenvalue weighted by Crippen LogP contribution is 2.20. The number of aliphatic hydroxyl groups excluding tert-OH is 1. The number of carbonyl (C=O) groups is 1. The molecule has 1 aliphatic rings. The third kappa shape index (κ3) is 2.98. The number of rotatable bonds is 2. The summed E-state index contributed by atoms with van der Waals surface area (Å²) in [6, 6.07) is 5.45. The maximum Gasteiger partial charge on any atom is 0.321 e. The van der Waals surface area contributed by atoms with E-state index in [1.807, 2.05) is 0 Å². The lowest BCUT2D eigenvalue weighted by Gasteiger charge is -2.18. The van der Waals surface area contributed by atoms with Gasteiger partial charge in [0.15, 0.2) is 0 Å². The molecule has 0 saturated carbocycles. The van der Waals surface area contributed by atoms with Crippen LogP contribution in [0, 0.1) is 11.7 Å². The molecule has 1 aromatic rings. The van der Waals surface area contributed by atoms with Gasteiger partial charge in [-0.2, -0.15) is 0 Å². The molecule has 5 heteroatoms. The molecule has 4 nitrogen and oxygen atoms in total. The van der Waals surface area contributed by atoms with Crippen molar-refractivity contribution in [2.45, 2.75) is 19.4 Å². The smallest absolute Gasteiger partial charge is 0.321 e. The first-order chi connectivity index (χ1) is 8.56. The molecular formula is C13H17FN2O2. The number of hydrogen-bond donors (Lipinski definition) is 2. The summed E-state index contributed by atoms with van der Waals surface area (Å²) in [5, 5.41) is 12.2. The summed E-state index contributed by atoms with van der Waals surface area (Å²) in [7, 11) is 0. The number of hydrogen-bond acceptors (Lipinski definition) is 2. The van der Waals surface area contributed by atoms with E-state index in [9.17, 15) is 14.3 Å². The molecule has 1 heterocycles.